The summed E-state index contributed by atoms with van der Waals surface area (Å²) in [7, 11) is 1.72. The number of nitrogens with one attached hydrogen (secondary N) is 1. The SMILES string of the molecule is COc1ccccc1N1CCN(c2ncnc3sc(C(=O)NCCC4=CCCCC4)c(C)c23)CC1. The first-order chi connectivity index (χ1) is 17.2. The summed E-state index contributed by atoms with van der Waals surface area (Å²) in [5.74, 6) is 1.82. The van der Waals surface area contributed by atoms with Crippen molar-refractivity contribution < 1.29 is 9.53 Å². The highest BCUT2D eigenvalue weighted by Crippen LogP contribution is 2.36. The monoisotopic (exact) mass is 491 g/mol. The van der Waals surface area contributed by atoms with E-state index in [9.17, 15) is 4.79 Å². The first-order valence-corrected chi connectivity index (χ1v) is 13.3. The summed E-state index contributed by atoms with van der Waals surface area (Å²) < 4.78 is 5.56. The molecule has 3 heterocycles. The van der Waals surface area contributed by atoms with Crippen LogP contribution in [0.3, 0.4) is 0 Å². The Morgan fingerprint density at radius 1 is 1.11 bits per heavy atom. The number of allylic oxidation sites excluding steroid dienone is 1. The average molecular weight is 492 g/mol. The Bertz CT molecular complexity index is 1230. The summed E-state index contributed by atoms with van der Waals surface area (Å²) >= 11 is 1.47. The topological polar surface area (TPSA) is 70.6 Å². The van der Waals surface area contributed by atoms with E-state index >= 15 is 0 Å². The van der Waals surface area contributed by atoms with Crippen LogP contribution in [-0.2, 0) is 0 Å². The molecular formula is C27H33N5O2S. The normalized spacial score (nSPS) is 16.3. The van der Waals surface area contributed by atoms with Gasteiger partial charge >= 0.3 is 0 Å². The highest BCUT2D eigenvalue weighted by molar-refractivity contribution is 7.20. The van der Waals surface area contributed by atoms with Gasteiger partial charge in [0.25, 0.3) is 5.91 Å². The minimum Gasteiger partial charge on any atom is -0.495 e. The summed E-state index contributed by atoms with van der Waals surface area (Å²) in [6.07, 6.45) is 9.80. The minimum absolute atomic E-state index is 0.00569. The number of fused-ring (bicyclic) bond motifs is 1. The fourth-order valence-corrected chi connectivity index (χ4v) is 6.17. The Morgan fingerprint density at radius 2 is 1.91 bits per heavy atom. The van der Waals surface area contributed by atoms with Gasteiger partial charge < -0.3 is 19.9 Å². The van der Waals surface area contributed by atoms with Crippen LogP contribution in [-0.4, -0.2) is 55.7 Å². The van der Waals surface area contributed by atoms with E-state index in [1.807, 2.05) is 25.1 Å². The number of carbonyl (C=O) groups excluding carboxylic acids is 1. The molecule has 1 aromatic carbocycles. The zero-order chi connectivity index (χ0) is 24.2. The molecule has 1 saturated heterocycles. The summed E-state index contributed by atoms with van der Waals surface area (Å²) in [6, 6.07) is 8.15. The molecule has 5 rings (SSSR count). The first-order valence-electron chi connectivity index (χ1n) is 12.5. The molecule has 1 fully saturated rings. The Balaban J connectivity index is 1.29. The van der Waals surface area contributed by atoms with Crippen molar-refractivity contribution in [3.05, 3.63) is 52.7 Å². The Hall–Kier alpha value is -3.13. The zero-order valence-electron chi connectivity index (χ0n) is 20.5. The lowest BCUT2D eigenvalue weighted by atomic mass is 9.97. The number of para-hydroxylation sites is 2. The van der Waals surface area contributed by atoms with E-state index in [-0.39, 0.29) is 5.91 Å². The van der Waals surface area contributed by atoms with Crippen molar-refractivity contribution in [2.75, 3.05) is 49.6 Å². The average Bonchev–Trinajstić information content (AvgIpc) is 3.26. The predicted molar refractivity (Wildman–Crippen MR) is 143 cm³/mol. The summed E-state index contributed by atoms with van der Waals surface area (Å²) in [4.78, 5) is 28.5. The summed E-state index contributed by atoms with van der Waals surface area (Å²) in [5, 5.41) is 4.14. The first kappa shape index (κ1) is 23.6. The van der Waals surface area contributed by atoms with Crippen LogP contribution in [0.2, 0.25) is 0 Å². The Morgan fingerprint density at radius 3 is 2.69 bits per heavy atom. The molecular weight excluding hydrogens is 458 g/mol. The van der Waals surface area contributed by atoms with Gasteiger partial charge in [-0.25, -0.2) is 9.97 Å². The van der Waals surface area contributed by atoms with Crippen molar-refractivity contribution in [2.45, 2.75) is 39.0 Å². The number of thiophene rings is 1. The fourth-order valence-electron chi connectivity index (χ4n) is 5.11. The van der Waals surface area contributed by atoms with E-state index in [1.54, 1.807) is 13.4 Å². The smallest absolute Gasteiger partial charge is 0.261 e. The van der Waals surface area contributed by atoms with Crippen LogP contribution in [0.5, 0.6) is 5.75 Å². The van der Waals surface area contributed by atoms with Gasteiger partial charge in [0.1, 0.15) is 22.7 Å². The molecule has 0 saturated carbocycles. The number of ether oxygens (including phenoxy) is 1. The maximum absolute atomic E-state index is 13.0. The number of methoxy groups -OCH3 is 1. The third-order valence-corrected chi connectivity index (χ3v) is 8.23. The number of aromatic nitrogens is 2. The van der Waals surface area contributed by atoms with E-state index in [1.165, 1.54) is 42.6 Å². The Kier molecular flexibility index (Phi) is 7.18. The molecule has 1 amide bonds. The highest BCUT2D eigenvalue weighted by atomic mass is 32.1. The quantitative estimate of drug-likeness (QED) is 0.472. The molecule has 2 aromatic heterocycles. The minimum atomic E-state index is -0.00569. The number of piperazine rings is 1. The molecule has 1 aliphatic carbocycles. The number of amides is 1. The molecule has 0 unspecified atom stereocenters. The number of benzene rings is 1. The molecule has 35 heavy (non-hydrogen) atoms. The Labute approximate surface area is 210 Å². The lowest BCUT2D eigenvalue weighted by Crippen LogP contribution is -2.47. The van der Waals surface area contributed by atoms with Gasteiger partial charge in [-0.2, -0.15) is 0 Å². The largest absolute Gasteiger partial charge is 0.495 e. The molecule has 1 aliphatic heterocycles. The molecule has 7 nitrogen and oxygen atoms in total. The van der Waals surface area contributed by atoms with E-state index in [2.05, 4.69) is 37.2 Å². The van der Waals surface area contributed by atoms with Crippen LogP contribution in [0.1, 0.15) is 47.3 Å². The second-order valence-corrected chi connectivity index (χ2v) is 10.2. The van der Waals surface area contributed by atoms with Gasteiger partial charge in [-0.15, -0.1) is 11.3 Å². The number of aryl methyl sites for hydroxylation is 1. The van der Waals surface area contributed by atoms with E-state index in [4.69, 9.17) is 4.74 Å². The zero-order valence-corrected chi connectivity index (χ0v) is 21.4. The van der Waals surface area contributed by atoms with Gasteiger partial charge in [-0.05, 0) is 56.7 Å². The molecule has 0 radical (unpaired) electrons. The number of carbonyl (C=O) groups is 1. The van der Waals surface area contributed by atoms with E-state index in [0.717, 1.165) is 70.5 Å². The number of anilines is 2. The van der Waals surface area contributed by atoms with Crippen LogP contribution in [0.4, 0.5) is 11.5 Å². The van der Waals surface area contributed by atoms with Crippen molar-refractivity contribution in [1.82, 2.24) is 15.3 Å². The van der Waals surface area contributed by atoms with E-state index < -0.39 is 0 Å². The van der Waals surface area contributed by atoms with Crippen LogP contribution in [0, 0.1) is 6.92 Å². The van der Waals surface area contributed by atoms with Crippen LogP contribution >= 0.6 is 11.3 Å². The van der Waals surface area contributed by atoms with Crippen molar-refractivity contribution in [1.29, 1.82) is 0 Å². The van der Waals surface area contributed by atoms with Gasteiger partial charge in [-0.1, -0.05) is 23.8 Å². The molecule has 8 heteroatoms. The summed E-state index contributed by atoms with van der Waals surface area (Å²) in [6.45, 7) is 6.14. The molecule has 0 spiro atoms. The van der Waals surface area contributed by atoms with Gasteiger partial charge in [0.2, 0.25) is 0 Å². The lowest BCUT2D eigenvalue weighted by Gasteiger charge is -2.37. The second kappa shape index (κ2) is 10.6. The van der Waals surface area contributed by atoms with Crippen molar-refractivity contribution in [3.63, 3.8) is 0 Å². The molecule has 0 bridgehead atoms. The number of nitrogens with zero attached hydrogens (tertiary/aromatic N) is 4. The molecule has 2 aliphatic rings. The number of hydrogen-bond donors (Lipinski definition) is 1. The van der Waals surface area contributed by atoms with Crippen LogP contribution in [0.25, 0.3) is 10.2 Å². The third kappa shape index (κ3) is 4.98. The maximum atomic E-state index is 13.0. The fraction of sp³-hybridized carbons (Fsp3) is 0.444. The van der Waals surface area contributed by atoms with Gasteiger partial charge in [0.05, 0.1) is 23.1 Å². The predicted octanol–water partition coefficient (Wildman–Crippen LogP) is 4.96. The molecule has 0 atom stereocenters. The van der Waals surface area contributed by atoms with Crippen molar-refractivity contribution >= 4 is 39.0 Å². The third-order valence-electron chi connectivity index (χ3n) is 7.03. The standard InChI is InChI=1S/C27H33N5O2S/c1-19-23-25(32-16-14-31(15-17-32)21-10-6-7-11-22(21)34-2)29-18-30-27(23)35-24(19)26(33)28-13-12-20-8-4-3-5-9-20/h6-8,10-11,18H,3-5,9,12-17H2,1-2H3,(H,28,33). The van der Waals surface area contributed by atoms with Gasteiger partial charge in [-0.3, -0.25) is 4.79 Å². The molecule has 1 N–H and O–H groups in total. The lowest BCUT2D eigenvalue weighted by molar-refractivity contribution is 0.0957. The number of rotatable bonds is 7. The van der Waals surface area contributed by atoms with Crippen LogP contribution < -0.4 is 19.9 Å². The maximum Gasteiger partial charge on any atom is 0.261 e. The summed E-state index contributed by atoms with van der Waals surface area (Å²) in [5.41, 5.74) is 3.57. The molecule has 184 valence electrons. The number of hydrogen-bond acceptors (Lipinski definition) is 7. The second-order valence-electron chi connectivity index (χ2n) is 9.19. The van der Waals surface area contributed by atoms with Gasteiger partial charge in [0, 0.05) is 32.7 Å². The van der Waals surface area contributed by atoms with Crippen molar-refractivity contribution in [3.8, 4) is 5.75 Å². The van der Waals surface area contributed by atoms with E-state index in [0.29, 0.717) is 6.54 Å². The van der Waals surface area contributed by atoms with Crippen LogP contribution in [0.15, 0.2) is 42.2 Å². The highest BCUT2D eigenvalue weighted by Gasteiger charge is 2.25. The van der Waals surface area contributed by atoms with Gasteiger partial charge in [0.15, 0.2) is 0 Å². The molecule has 3 aromatic rings. The van der Waals surface area contributed by atoms with Crippen molar-refractivity contribution in [2.24, 2.45) is 0 Å².